The fourth-order valence-corrected chi connectivity index (χ4v) is 0.260. The molecule has 0 radical (unpaired) electrons. The zero-order valence-corrected chi connectivity index (χ0v) is 4.94. The van der Waals surface area contributed by atoms with Gasteiger partial charge in [-0.1, -0.05) is 6.92 Å². The molecule has 0 saturated heterocycles. The number of amides is 1. The lowest BCUT2D eigenvalue weighted by Gasteiger charge is -1.85. The molecule has 0 saturated carbocycles. The quantitative estimate of drug-likeness (QED) is 0.288. The third-order valence-electron chi connectivity index (χ3n) is 0.533. The number of carbonyl (C=O) groups excluding carboxylic acids is 1. The van der Waals surface area contributed by atoms with Gasteiger partial charge >= 0.3 is 5.91 Å². The van der Waals surface area contributed by atoms with Gasteiger partial charge in [-0.3, -0.25) is 0 Å². The first-order valence-electron chi connectivity index (χ1n) is 1.97. The zero-order chi connectivity index (χ0) is 5.70. The van der Waals surface area contributed by atoms with Crippen molar-refractivity contribution in [3.8, 4) is 0 Å². The highest BCUT2D eigenvalue weighted by Crippen LogP contribution is 1.65. The molecule has 0 aliphatic rings. The lowest BCUT2D eigenvalue weighted by atomic mass is 10.5. The van der Waals surface area contributed by atoms with E-state index in [4.69, 9.17) is 0 Å². The molecule has 0 bridgehead atoms. The van der Waals surface area contributed by atoms with Gasteiger partial charge in [-0.2, -0.15) is 0 Å². The molecule has 0 aliphatic carbocycles. The standard InChI is InChI=1S/C3H7NO2S/c1-2-3(5)4-6-7/h7H,2H2,1H3,(H,4,5)/p+1. The molecular formula is C3H8NO2S+. The normalized spacial score (nSPS) is 8.86. The van der Waals surface area contributed by atoms with Gasteiger partial charge < -0.3 is 0 Å². The van der Waals surface area contributed by atoms with E-state index >= 15 is 0 Å². The molecule has 0 fully saturated rings. The van der Waals surface area contributed by atoms with E-state index in [9.17, 15) is 4.79 Å². The SMILES string of the molecule is CCC(=O)[NH2+]OS. The Morgan fingerprint density at radius 1 is 2.00 bits per heavy atom. The molecular weight excluding hydrogens is 114 g/mol. The largest absolute Gasteiger partial charge is 0.343 e. The Hall–Kier alpha value is -0.0600. The number of nitrogens with two attached hydrogens (primary N) is 1. The monoisotopic (exact) mass is 122 g/mol. The summed E-state index contributed by atoms with van der Waals surface area (Å²) in [6, 6.07) is 0. The van der Waals surface area contributed by atoms with Gasteiger partial charge in [0.2, 0.25) is 0 Å². The number of rotatable bonds is 2. The third kappa shape index (κ3) is 3.78. The second-order valence-corrected chi connectivity index (χ2v) is 1.25. The van der Waals surface area contributed by atoms with Gasteiger partial charge in [-0.05, 0) is 0 Å². The molecule has 1 amide bonds. The fourth-order valence-electron chi connectivity index (χ4n) is 0.142. The lowest BCUT2D eigenvalue weighted by molar-refractivity contribution is -0.780. The predicted octanol–water partition coefficient (Wildman–Crippen LogP) is -0.737. The highest BCUT2D eigenvalue weighted by atomic mass is 32.1. The van der Waals surface area contributed by atoms with Crippen LogP contribution in [-0.4, -0.2) is 5.91 Å². The molecule has 2 N–H and O–H groups in total. The van der Waals surface area contributed by atoms with Crippen LogP contribution in [0.15, 0.2) is 0 Å². The minimum atomic E-state index is -0.0463. The molecule has 0 spiro atoms. The van der Waals surface area contributed by atoms with Gasteiger partial charge in [0.1, 0.15) is 0 Å². The minimum absolute atomic E-state index is 0.0463. The predicted molar refractivity (Wildman–Crippen MR) is 27.3 cm³/mol. The van der Waals surface area contributed by atoms with E-state index in [1.54, 1.807) is 6.92 Å². The topological polar surface area (TPSA) is 42.9 Å². The van der Waals surface area contributed by atoms with Crippen molar-refractivity contribution in [2.75, 3.05) is 0 Å². The van der Waals surface area contributed by atoms with E-state index in [2.05, 4.69) is 17.2 Å². The molecule has 0 aliphatic heterocycles. The minimum Gasteiger partial charge on any atom is -0.228 e. The van der Waals surface area contributed by atoms with Crippen LogP contribution >= 0.6 is 12.9 Å². The summed E-state index contributed by atoms with van der Waals surface area (Å²) >= 11 is 3.34. The lowest BCUT2D eigenvalue weighted by Crippen LogP contribution is -2.85. The summed E-state index contributed by atoms with van der Waals surface area (Å²) in [5.41, 5.74) is 1.07. The van der Waals surface area contributed by atoms with Gasteiger partial charge in [-0.15, -0.1) is 9.76 Å². The van der Waals surface area contributed by atoms with Crippen LogP contribution in [0.25, 0.3) is 0 Å². The average Bonchev–Trinajstić information content (AvgIpc) is 1.68. The number of primary amides is 1. The van der Waals surface area contributed by atoms with E-state index in [0.29, 0.717) is 6.42 Å². The smallest absolute Gasteiger partial charge is 0.228 e. The van der Waals surface area contributed by atoms with Gasteiger partial charge in [0, 0.05) is 12.9 Å². The number of carbonyl (C=O) groups is 1. The molecule has 0 atom stereocenters. The Balaban J connectivity index is 3.00. The maximum Gasteiger partial charge on any atom is 0.343 e. The highest BCUT2D eigenvalue weighted by molar-refractivity contribution is 7.74. The third-order valence-corrected chi connectivity index (χ3v) is 0.638. The van der Waals surface area contributed by atoms with Crippen molar-refractivity contribution < 1.29 is 14.6 Å². The van der Waals surface area contributed by atoms with E-state index in [0.717, 1.165) is 5.48 Å². The van der Waals surface area contributed by atoms with Crippen LogP contribution < -0.4 is 5.48 Å². The Labute approximate surface area is 47.6 Å². The number of hydrogen-bond acceptors (Lipinski definition) is 3. The molecule has 0 aromatic rings. The summed E-state index contributed by atoms with van der Waals surface area (Å²) in [5.74, 6) is -0.0463. The summed E-state index contributed by atoms with van der Waals surface area (Å²) in [7, 11) is 0. The van der Waals surface area contributed by atoms with E-state index in [-0.39, 0.29) is 5.91 Å². The van der Waals surface area contributed by atoms with Crippen LogP contribution in [0.2, 0.25) is 0 Å². The molecule has 4 heteroatoms. The Kier molecular flexibility index (Phi) is 4.07. The van der Waals surface area contributed by atoms with E-state index in [1.165, 1.54) is 0 Å². The van der Waals surface area contributed by atoms with E-state index < -0.39 is 0 Å². The maximum absolute atomic E-state index is 10.2. The summed E-state index contributed by atoms with van der Waals surface area (Å²) < 4.78 is 4.11. The van der Waals surface area contributed by atoms with Crippen molar-refractivity contribution in [3.63, 3.8) is 0 Å². The number of hydroxylamine groups is 1. The second kappa shape index (κ2) is 4.11. The molecule has 0 aromatic heterocycles. The Bertz CT molecular complexity index is 66.0. The number of hydrogen-bond donors (Lipinski definition) is 2. The first-order valence-corrected chi connectivity index (χ1v) is 2.34. The van der Waals surface area contributed by atoms with Crippen molar-refractivity contribution in [1.82, 2.24) is 0 Å². The van der Waals surface area contributed by atoms with Gasteiger partial charge in [0.15, 0.2) is 0 Å². The maximum atomic E-state index is 10.2. The number of thiol groups is 1. The summed E-state index contributed by atoms with van der Waals surface area (Å²) in [6.07, 6.45) is 0.473. The molecule has 0 aromatic carbocycles. The van der Waals surface area contributed by atoms with Crippen molar-refractivity contribution in [2.24, 2.45) is 0 Å². The highest BCUT2D eigenvalue weighted by Gasteiger charge is 1.97. The first-order chi connectivity index (χ1) is 3.31. The molecule has 0 rings (SSSR count). The fraction of sp³-hybridized carbons (Fsp3) is 0.667. The first kappa shape index (κ1) is 6.94. The Morgan fingerprint density at radius 3 is 2.71 bits per heavy atom. The Morgan fingerprint density at radius 2 is 2.57 bits per heavy atom. The zero-order valence-electron chi connectivity index (χ0n) is 4.05. The van der Waals surface area contributed by atoms with Gasteiger partial charge in [0.05, 0.1) is 6.42 Å². The van der Waals surface area contributed by atoms with E-state index in [1.807, 2.05) is 0 Å². The van der Waals surface area contributed by atoms with Crippen molar-refractivity contribution in [2.45, 2.75) is 13.3 Å². The van der Waals surface area contributed by atoms with Crippen LogP contribution in [0.4, 0.5) is 0 Å². The molecule has 42 valence electrons. The van der Waals surface area contributed by atoms with Crippen molar-refractivity contribution >= 4 is 18.8 Å². The van der Waals surface area contributed by atoms with Gasteiger partial charge in [-0.25, -0.2) is 4.79 Å². The van der Waals surface area contributed by atoms with Gasteiger partial charge in [0.25, 0.3) is 0 Å². The molecule has 0 unspecified atom stereocenters. The van der Waals surface area contributed by atoms with Crippen LogP contribution in [0.1, 0.15) is 13.3 Å². The number of quaternary nitrogens is 1. The molecule has 3 nitrogen and oxygen atoms in total. The summed E-state index contributed by atoms with van der Waals surface area (Å²) in [5, 5.41) is 0. The van der Waals surface area contributed by atoms with Crippen molar-refractivity contribution in [3.05, 3.63) is 0 Å². The van der Waals surface area contributed by atoms with Crippen LogP contribution in [-0.2, 0) is 9.08 Å². The summed E-state index contributed by atoms with van der Waals surface area (Å²) in [4.78, 5) is 10.2. The summed E-state index contributed by atoms with van der Waals surface area (Å²) in [6.45, 7) is 1.76. The van der Waals surface area contributed by atoms with Crippen LogP contribution in [0.3, 0.4) is 0 Å². The van der Waals surface area contributed by atoms with Crippen LogP contribution in [0, 0.1) is 0 Å². The average molecular weight is 122 g/mol. The van der Waals surface area contributed by atoms with Crippen LogP contribution in [0.5, 0.6) is 0 Å². The second-order valence-electron chi connectivity index (χ2n) is 1.04. The molecule has 0 heterocycles. The van der Waals surface area contributed by atoms with Crippen molar-refractivity contribution in [1.29, 1.82) is 0 Å². The molecule has 7 heavy (non-hydrogen) atoms.